The molecule has 0 unspecified atom stereocenters. The number of fused-ring (bicyclic) bond motifs is 2. The number of ether oxygens (including phenoxy) is 2. The summed E-state index contributed by atoms with van der Waals surface area (Å²) < 4.78 is 24.5. The van der Waals surface area contributed by atoms with Gasteiger partial charge in [0.25, 0.3) is 11.8 Å². The van der Waals surface area contributed by atoms with Gasteiger partial charge in [-0.05, 0) is 36.4 Å². The van der Waals surface area contributed by atoms with Crippen LogP contribution in [0.4, 0.5) is 14.9 Å². The van der Waals surface area contributed by atoms with Crippen LogP contribution in [0.5, 0.6) is 11.5 Å². The van der Waals surface area contributed by atoms with Gasteiger partial charge in [-0.25, -0.2) is 19.9 Å². The number of benzene rings is 2. The number of urea groups is 1. The minimum absolute atomic E-state index is 0.0255. The molecule has 4 N–H and O–H groups in total. The molecule has 1 saturated heterocycles. The monoisotopic (exact) mass is 400 g/mol. The lowest BCUT2D eigenvalue weighted by Gasteiger charge is -2.33. The van der Waals surface area contributed by atoms with Crippen molar-refractivity contribution in [2.45, 2.75) is 12.0 Å². The van der Waals surface area contributed by atoms with Crippen LogP contribution < -0.4 is 31.0 Å². The minimum Gasteiger partial charge on any atom is -0.497 e. The van der Waals surface area contributed by atoms with Crippen LogP contribution in [0.2, 0.25) is 0 Å². The van der Waals surface area contributed by atoms with Gasteiger partial charge in [-0.3, -0.25) is 15.0 Å². The molecule has 2 aliphatic heterocycles. The first-order valence-corrected chi connectivity index (χ1v) is 8.70. The Morgan fingerprint density at radius 2 is 2.10 bits per heavy atom. The van der Waals surface area contributed by atoms with E-state index >= 15 is 0 Å². The van der Waals surface area contributed by atoms with Crippen LogP contribution in [0.15, 0.2) is 36.4 Å². The summed E-state index contributed by atoms with van der Waals surface area (Å²) in [6.45, 7) is 0.150. The van der Waals surface area contributed by atoms with Crippen molar-refractivity contribution in [1.82, 2.24) is 10.7 Å². The fraction of sp³-hybridized carbons (Fsp3) is 0.211. The summed E-state index contributed by atoms with van der Waals surface area (Å²) >= 11 is 0. The molecule has 0 aliphatic carbocycles. The summed E-state index contributed by atoms with van der Waals surface area (Å²) in [6, 6.07) is 7.32. The molecule has 29 heavy (non-hydrogen) atoms. The molecule has 1 fully saturated rings. The molecular formula is C19H17FN4O5. The van der Waals surface area contributed by atoms with Gasteiger partial charge in [0.2, 0.25) is 0 Å². The van der Waals surface area contributed by atoms with Crippen molar-refractivity contribution in [3.63, 3.8) is 0 Å². The Labute approximate surface area is 164 Å². The average molecular weight is 400 g/mol. The molecule has 1 atom stereocenters. The molecule has 0 radical (unpaired) electrons. The number of nitrogens with zero attached hydrogens (tertiary/aromatic N) is 1. The topological polar surface area (TPSA) is 123 Å². The molecule has 2 aromatic carbocycles. The number of amides is 4. The van der Waals surface area contributed by atoms with Gasteiger partial charge in [0.05, 0.1) is 25.0 Å². The summed E-state index contributed by atoms with van der Waals surface area (Å²) in [4.78, 5) is 39.4. The van der Waals surface area contributed by atoms with Crippen LogP contribution in [0, 0.1) is 5.82 Å². The summed E-state index contributed by atoms with van der Waals surface area (Å²) in [5.41, 5.74) is 0.711. The minimum atomic E-state index is -1.50. The maximum absolute atomic E-state index is 13.9. The summed E-state index contributed by atoms with van der Waals surface area (Å²) in [5, 5.41) is 2.66. The number of hydrogen-bond donors (Lipinski definition) is 3. The molecule has 1 spiro atoms. The van der Waals surface area contributed by atoms with E-state index in [4.69, 9.17) is 15.3 Å². The van der Waals surface area contributed by atoms with Gasteiger partial charge >= 0.3 is 6.03 Å². The highest BCUT2D eigenvalue weighted by molar-refractivity contribution is 6.25. The van der Waals surface area contributed by atoms with E-state index in [1.807, 2.05) is 5.43 Å². The van der Waals surface area contributed by atoms with E-state index in [1.54, 1.807) is 0 Å². The molecule has 0 aromatic heterocycles. The van der Waals surface area contributed by atoms with Crippen LogP contribution in [0.1, 0.15) is 22.3 Å². The van der Waals surface area contributed by atoms with E-state index in [1.165, 1.54) is 37.4 Å². The highest BCUT2D eigenvalue weighted by atomic mass is 19.1. The number of nitrogen functional groups attached to an aromatic ring is 1. The standard InChI is InChI=1S/C19H17FN4O5/c1-28-11-3-4-14(12(9-11)16(25)23-21)24-17(26)19(22-18(24)27)6-7-29-15-5-2-10(20)8-13(15)19/h2-5,8-9H,6-7,21H2,1H3,(H,22,27)(H,23,25)/t19-/m0/s1. The van der Waals surface area contributed by atoms with Crippen molar-refractivity contribution < 1.29 is 28.2 Å². The maximum atomic E-state index is 13.9. The zero-order valence-electron chi connectivity index (χ0n) is 15.3. The van der Waals surface area contributed by atoms with Gasteiger partial charge < -0.3 is 14.8 Å². The van der Waals surface area contributed by atoms with Gasteiger partial charge in [0.15, 0.2) is 5.54 Å². The van der Waals surface area contributed by atoms with E-state index in [2.05, 4.69) is 5.32 Å². The van der Waals surface area contributed by atoms with Gasteiger partial charge in [-0.15, -0.1) is 0 Å². The number of hydrazine groups is 1. The second-order valence-electron chi connectivity index (χ2n) is 6.57. The van der Waals surface area contributed by atoms with Crippen LogP contribution >= 0.6 is 0 Å². The van der Waals surface area contributed by atoms with E-state index < -0.39 is 29.2 Å². The number of carbonyl (C=O) groups is 3. The Balaban J connectivity index is 1.84. The molecule has 9 nitrogen and oxygen atoms in total. The second kappa shape index (κ2) is 6.74. The lowest BCUT2D eigenvalue weighted by atomic mass is 9.84. The zero-order valence-corrected chi connectivity index (χ0v) is 15.3. The van der Waals surface area contributed by atoms with Gasteiger partial charge in [0.1, 0.15) is 17.3 Å². The van der Waals surface area contributed by atoms with Crippen LogP contribution in [0.25, 0.3) is 0 Å². The third-order valence-electron chi connectivity index (χ3n) is 5.05. The van der Waals surface area contributed by atoms with E-state index in [-0.39, 0.29) is 29.8 Å². The number of hydrogen-bond acceptors (Lipinski definition) is 6. The van der Waals surface area contributed by atoms with Crippen molar-refractivity contribution in [3.8, 4) is 11.5 Å². The van der Waals surface area contributed by atoms with E-state index in [9.17, 15) is 18.8 Å². The molecule has 4 rings (SSSR count). The number of imide groups is 1. The lowest BCUT2D eigenvalue weighted by Crippen LogP contribution is -2.47. The molecule has 150 valence electrons. The Bertz CT molecular complexity index is 1040. The van der Waals surface area contributed by atoms with Gasteiger partial charge in [-0.2, -0.15) is 0 Å². The molecule has 4 amide bonds. The first-order chi connectivity index (χ1) is 13.9. The fourth-order valence-electron chi connectivity index (χ4n) is 3.65. The third-order valence-corrected chi connectivity index (χ3v) is 5.05. The predicted octanol–water partition coefficient (Wildman–Crippen LogP) is 1.17. The van der Waals surface area contributed by atoms with Crippen molar-refractivity contribution in [2.75, 3.05) is 18.6 Å². The molecule has 0 saturated carbocycles. The number of carbonyl (C=O) groups excluding carboxylic acids is 3. The molecule has 2 aromatic rings. The number of halogens is 1. The SMILES string of the molecule is COc1ccc(N2C(=O)N[C@]3(CCOc4ccc(F)cc43)C2=O)c(C(=O)NN)c1. The van der Waals surface area contributed by atoms with Crippen LogP contribution in [0.3, 0.4) is 0 Å². The largest absolute Gasteiger partial charge is 0.497 e. The van der Waals surface area contributed by atoms with Crippen LogP contribution in [-0.2, 0) is 10.3 Å². The van der Waals surface area contributed by atoms with Gasteiger partial charge in [0, 0.05) is 12.0 Å². The Kier molecular flexibility index (Phi) is 4.35. The third kappa shape index (κ3) is 2.76. The molecule has 2 aliphatic rings. The summed E-state index contributed by atoms with van der Waals surface area (Å²) in [6.07, 6.45) is 0.110. The smallest absolute Gasteiger partial charge is 0.329 e. The lowest BCUT2D eigenvalue weighted by molar-refractivity contribution is -0.123. The van der Waals surface area contributed by atoms with E-state index in [0.717, 1.165) is 11.0 Å². The van der Waals surface area contributed by atoms with Crippen molar-refractivity contribution >= 4 is 23.5 Å². The number of anilines is 1. The van der Waals surface area contributed by atoms with E-state index in [0.29, 0.717) is 11.5 Å². The Morgan fingerprint density at radius 1 is 1.31 bits per heavy atom. The number of nitrogens with two attached hydrogens (primary N) is 1. The quantitative estimate of drug-likeness (QED) is 0.308. The first-order valence-electron chi connectivity index (χ1n) is 8.70. The van der Waals surface area contributed by atoms with Gasteiger partial charge in [-0.1, -0.05) is 0 Å². The highest BCUT2D eigenvalue weighted by Gasteiger charge is 2.56. The van der Waals surface area contributed by atoms with Crippen molar-refractivity contribution in [1.29, 1.82) is 0 Å². The number of methoxy groups -OCH3 is 1. The van der Waals surface area contributed by atoms with Crippen molar-refractivity contribution in [2.24, 2.45) is 5.84 Å². The summed E-state index contributed by atoms with van der Waals surface area (Å²) in [5.74, 6) is 3.97. The second-order valence-corrected chi connectivity index (χ2v) is 6.57. The molecule has 0 bridgehead atoms. The predicted molar refractivity (Wildman–Crippen MR) is 98.9 cm³/mol. The number of nitrogens with one attached hydrogen (secondary N) is 2. The van der Waals surface area contributed by atoms with Crippen molar-refractivity contribution in [3.05, 3.63) is 53.3 Å². The highest BCUT2D eigenvalue weighted by Crippen LogP contribution is 2.43. The molecule has 2 heterocycles. The first kappa shape index (κ1) is 18.7. The fourth-order valence-corrected chi connectivity index (χ4v) is 3.65. The summed E-state index contributed by atoms with van der Waals surface area (Å²) in [7, 11) is 1.41. The number of rotatable bonds is 3. The normalized spacial score (nSPS) is 20.2. The molecular weight excluding hydrogens is 383 g/mol. The average Bonchev–Trinajstić information content (AvgIpc) is 2.97. The maximum Gasteiger partial charge on any atom is 0.329 e. The zero-order chi connectivity index (χ0) is 20.8. The Hall–Kier alpha value is -3.66. The Morgan fingerprint density at radius 3 is 2.83 bits per heavy atom. The van der Waals surface area contributed by atoms with Crippen LogP contribution in [-0.4, -0.2) is 31.6 Å². The molecule has 10 heteroatoms.